The summed E-state index contributed by atoms with van der Waals surface area (Å²) in [7, 11) is 0. The molecule has 0 N–H and O–H groups in total. The molecule has 1 aliphatic carbocycles. The van der Waals surface area contributed by atoms with Crippen molar-refractivity contribution in [3.05, 3.63) is 83.7 Å². The van der Waals surface area contributed by atoms with Crippen molar-refractivity contribution in [3.8, 4) is 17.4 Å². The highest BCUT2D eigenvalue weighted by Crippen LogP contribution is 2.40. The maximum atomic E-state index is 15.1. The van der Waals surface area contributed by atoms with Gasteiger partial charge < -0.3 is 19.3 Å². The van der Waals surface area contributed by atoms with Gasteiger partial charge in [0.05, 0.1) is 12.7 Å². The first-order chi connectivity index (χ1) is 21.9. The Morgan fingerprint density at radius 3 is 2.64 bits per heavy atom. The number of carbonyl (C=O) groups excluding carboxylic acids is 2. The zero-order valence-corrected chi connectivity index (χ0v) is 25.5. The van der Waals surface area contributed by atoms with Gasteiger partial charge in [0.15, 0.2) is 23.3 Å². The van der Waals surface area contributed by atoms with Crippen LogP contribution in [0.3, 0.4) is 0 Å². The zero-order valence-electron chi connectivity index (χ0n) is 25.5. The average Bonchev–Trinajstić information content (AvgIpc) is 3.70. The largest absolute Gasteiger partial charge is 0.480 e. The minimum Gasteiger partial charge on any atom is -0.480 e. The van der Waals surface area contributed by atoms with E-state index >= 15 is 4.39 Å². The van der Waals surface area contributed by atoms with Crippen molar-refractivity contribution in [1.29, 1.82) is 0 Å². The Kier molecular flexibility index (Phi) is 8.12. The predicted molar refractivity (Wildman–Crippen MR) is 166 cm³/mol. The van der Waals surface area contributed by atoms with Gasteiger partial charge in [-0.3, -0.25) is 14.0 Å². The van der Waals surface area contributed by atoms with Crippen LogP contribution in [0.5, 0.6) is 17.4 Å². The minimum atomic E-state index is -0.788. The Morgan fingerprint density at radius 1 is 1.09 bits per heavy atom. The SMILES string of the molecule is Cc1ncc2nc(Oc3cc4c(cc3F)CC[C@@H](C(=O)N(CC(=O)N3CCCC3)C[C@@H](c3ccccc3)C3CCC3)O4)ccn12. The molecule has 2 aromatic heterocycles. The third-order valence-corrected chi connectivity index (χ3v) is 9.56. The molecule has 7 rings (SSSR count). The number of halogens is 1. The number of hydrogen-bond acceptors (Lipinski definition) is 6. The number of imidazole rings is 1. The Labute approximate surface area is 262 Å². The van der Waals surface area contributed by atoms with Crippen molar-refractivity contribution in [2.45, 2.75) is 63.9 Å². The number of nitrogens with zero attached hydrogens (tertiary/aromatic N) is 5. The maximum Gasteiger partial charge on any atom is 0.264 e. The molecular weight excluding hydrogens is 573 g/mol. The van der Waals surface area contributed by atoms with Crippen molar-refractivity contribution in [2.24, 2.45) is 5.92 Å². The van der Waals surface area contributed by atoms with E-state index in [1.54, 1.807) is 23.4 Å². The summed E-state index contributed by atoms with van der Waals surface area (Å²) in [5.74, 6) is 1.23. The monoisotopic (exact) mass is 611 g/mol. The van der Waals surface area contributed by atoms with Gasteiger partial charge in [0.25, 0.3) is 5.91 Å². The molecular formula is C35H38FN5O4. The molecule has 2 fully saturated rings. The molecule has 2 atom stereocenters. The van der Waals surface area contributed by atoms with E-state index in [0.717, 1.165) is 44.6 Å². The summed E-state index contributed by atoms with van der Waals surface area (Å²) in [5, 5.41) is 0. The van der Waals surface area contributed by atoms with Crippen LogP contribution in [0.2, 0.25) is 0 Å². The fourth-order valence-corrected chi connectivity index (χ4v) is 6.77. The van der Waals surface area contributed by atoms with Gasteiger partial charge in [-0.2, -0.15) is 4.98 Å². The van der Waals surface area contributed by atoms with Crippen molar-refractivity contribution in [1.82, 2.24) is 24.2 Å². The van der Waals surface area contributed by atoms with Gasteiger partial charge in [-0.15, -0.1) is 0 Å². The van der Waals surface area contributed by atoms with Crippen LogP contribution >= 0.6 is 0 Å². The number of rotatable bonds is 9. The predicted octanol–water partition coefficient (Wildman–Crippen LogP) is 5.70. The Morgan fingerprint density at radius 2 is 1.89 bits per heavy atom. The number of aromatic nitrogens is 3. The fraction of sp³-hybridized carbons (Fsp3) is 0.429. The normalized spacial score (nSPS) is 18.6. The molecule has 0 unspecified atom stereocenters. The van der Waals surface area contributed by atoms with Gasteiger partial charge in [0.2, 0.25) is 11.8 Å². The van der Waals surface area contributed by atoms with Gasteiger partial charge in [0, 0.05) is 43.9 Å². The van der Waals surface area contributed by atoms with Crippen LogP contribution in [0.4, 0.5) is 4.39 Å². The Balaban J connectivity index is 1.12. The van der Waals surface area contributed by atoms with Crippen molar-refractivity contribution in [2.75, 3.05) is 26.2 Å². The maximum absolute atomic E-state index is 15.1. The number of carbonyl (C=O) groups is 2. The lowest BCUT2D eigenvalue weighted by molar-refractivity contribution is -0.145. The van der Waals surface area contributed by atoms with E-state index in [9.17, 15) is 9.59 Å². The summed E-state index contributed by atoms with van der Waals surface area (Å²) in [6.07, 6.45) is 8.88. The number of hydrogen-bond donors (Lipinski definition) is 0. The summed E-state index contributed by atoms with van der Waals surface area (Å²) in [6.45, 7) is 3.82. The van der Waals surface area contributed by atoms with Crippen LogP contribution < -0.4 is 9.47 Å². The van der Waals surface area contributed by atoms with E-state index in [-0.39, 0.29) is 35.9 Å². The van der Waals surface area contributed by atoms with E-state index in [0.29, 0.717) is 42.3 Å². The minimum absolute atomic E-state index is 0.0203. The molecule has 1 saturated carbocycles. The quantitative estimate of drug-likeness (QED) is 0.241. The lowest BCUT2D eigenvalue weighted by Gasteiger charge is -2.39. The van der Waals surface area contributed by atoms with Gasteiger partial charge in [0.1, 0.15) is 11.6 Å². The lowest BCUT2D eigenvalue weighted by atomic mass is 9.72. The third-order valence-electron chi connectivity index (χ3n) is 9.56. The molecule has 1 saturated heterocycles. The first-order valence-corrected chi connectivity index (χ1v) is 16.0. The zero-order chi connectivity index (χ0) is 30.9. The summed E-state index contributed by atoms with van der Waals surface area (Å²) in [6, 6.07) is 14.9. The molecule has 0 bridgehead atoms. The molecule has 234 valence electrons. The standard InChI is InChI=1S/C35H38FN5O4/c1-23-37-20-32-38-33(14-17-41(23)32)45-31-19-30-26(18-28(31)36)12-13-29(44-30)35(43)40(22-34(42)39-15-5-6-16-39)21-27(25-10-7-11-25)24-8-3-2-4-9-24/h2-4,8-9,14,17-20,25,27,29H,5-7,10-13,15-16,21-22H2,1H3/t27-,29-/m0/s1. The van der Waals surface area contributed by atoms with Crippen LogP contribution in [0.15, 0.2) is 60.9 Å². The van der Waals surface area contributed by atoms with E-state index in [4.69, 9.17) is 9.47 Å². The molecule has 0 radical (unpaired) electrons. The molecule has 3 aliphatic rings. The topological polar surface area (TPSA) is 89.3 Å². The van der Waals surface area contributed by atoms with Crippen LogP contribution in [-0.2, 0) is 16.0 Å². The van der Waals surface area contributed by atoms with Gasteiger partial charge in [-0.1, -0.05) is 36.8 Å². The molecule has 9 nitrogen and oxygen atoms in total. The van der Waals surface area contributed by atoms with Crippen LogP contribution in [0.1, 0.15) is 61.4 Å². The van der Waals surface area contributed by atoms with E-state index in [1.807, 2.05) is 34.4 Å². The summed E-state index contributed by atoms with van der Waals surface area (Å²) in [5.41, 5.74) is 2.46. The number of ether oxygens (including phenoxy) is 2. The molecule has 2 amide bonds. The molecule has 10 heteroatoms. The van der Waals surface area contributed by atoms with E-state index in [1.165, 1.54) is 24.1 Å². The highest BCUT2D eigenvalue weighted by molar-refractivity contribution is 5.87. The van der Waals surface area contributed by atoms with E-state index in [2.05, 4.69) is 22.1 Å². The second-order valence-electron chi connectivity index (χ2n) is 12.5. The number of amides is 2. The van der Waals surface area contributed by atoms with Gasteiger partial charge in [-0.25, -0.2) is 9.37 Å². The van der Waals surface area contributed by atoms with E-state index < -0.39 is 11.9 Å². The average molecular weight is 612 g/mol. The highest BCUT2D eigenvalue weighted by Gasteiger charge is 2.37. The second kappa shape index (κ2) is 12.5. The number of likely N-dealkylation sites (tertiary alicyclic amines) is 1. The van der Waals surface area contributed by atoms with Crippen LogP contribution in [-0.4, -0.2) is 68.3 Å². The van der Waals surface area contributed by atoms with Gasteiger partial charge in [-0.05, 0) is 68.6 Å². The van der Waals surface area contributed by atoms with Crippen LogP contribution in [0, 0.1) is 18.7 Å². The Hall–Kier alpha value is -4.47. The summed E-state index contributed by atoms with van der Waals surface area (Å²) in [4.78, 5) is 39.9. The van der Waals surface area contributed by atoms with Crippen molar-refractivity contribution < 1.29 is 23.5 Å². The molecule has 4 heterocycles. The molecule has 45 heavy (non-hydrogen) atoms. The van der Waals surface area contributed by atoms with Crippen molar-refractivity contribution in [3.63, 3.8) is 0 Å². The third kappa shape index (κ3) is 6.10. The van der Waals surface area contributed by atoms with Crippen molar-refractivity contribution >= 4 is 17.5 Å². The van der Waals surface area contributed by atoms with Crippen LogP contribution in [0.25, 0.3) is 5.65 Å². The fourth-order valence-electron chi connectivity index (χ4n) is 6.77. The first-order valence-electron chi connectivity index (χ1n) is 16.0. The van der Waals surface area contributed by atoms with Gasteiger partial charge >= 0.3 is 0 Å². The molecule has 0 spiro atoms. The number of benzene rings is 2. The number of fused-ring (bicyclic) bond motifs is 2. The Bertz CT molecular complexity index is 1700. The second-order valence-corrected chi connectivity index (χ2v) is 12.5. The number of aryl methyl sites for hydroxylation is 2. The summed E-state index contributed by atoms with van der Waals surface area (Å²) < 4.78 is 29.1. The first kappa shape index (κ1) is 29.3. The smallest absolute Gasteiger partial charge is 0.264 e. The summed E-state index contributed by atoms with van der Waals surface area (Å²) >= 11 is 0. The molecule has 2 aromatic carbocycles. The highest BCUT2D eigenvalue weighted by atomic mass is 19.1. The molecule has 2 aliphatic heterocycles. The lowest BCUT2D eigenvalue weighted by Crippen LogP contribution is -2.50. The molecule has 4 aromatic rings.